The van der Waals surface area contributed by atoms with Gasteiger partial charge >= 0.3 is 0 Å². The number of halogens is 1. The average Bonchev–Trinajstić information content (AvgIpc) is 3.13. The van der Waals surface area contributed by atoms with Gasteiger partial charge in [0.15, 0.2) is 3.95 Å². The van der Waals surface area contributed by atoms with Gasteiger partial charge in [0.25, 0.3) is 0 Å². The highest BCUT2D eigenvalue weighted by Gasteiger charge is 2.44. The number of rotatable bonds is 7. The zero-order valence-electron chi connectivity index (χ0n) is 18.7. The van der Waals surface area contributed by atoms with E-state index in [2.05, 4.69) is 18.4 Å². The molecular formula is C24H30ClN3O2S2. The Balaban J connectivity index is 1.81. The SMILES string of the molecule is CCCN(CCC)C(=O)CN1C(=O)C2CCCCC2n2c1c(-c1cccc(Cl)c1)sc2=S. The van der Waals surface area contributed by atoms with Gasteiger partial charge in [0.1, 0.15) is 12.4 Å². The van der Waals surface area contributed by atoms with Crippen molar-refractivity contribution in [2.75, 3.05) is 24.5 Å². The second kappa shape index (κ2) is 10.1. The number of amides is 2. The van der Waals surface area contributed by atoms with Gasteiger partial charge < -0.3 is 9.47 Å². The van der Waals surface area contributed by atoms with E-state index in [0.29, 0.717) is 18.1 Å². The smallest absolute Gasteiger partial charge is 0.242 e. The number of benzene rings is 1. The van der Waals surface area contributed by atoms with Crippen LogP contribution in [0.3, 0.4) is 0 Å². The van der Waals surface area contributed by atoms with Gasteiger partial charge in [0.05, 0.1) is 10.8 Å². The normalized spacial score (nSPS) is 20.1. The number of anilines is 1. The fourth-order valence-electron chi connectivity index (χ4n) is 5.04. The molecule has 1 aromatic heterocycles. The lowest BCUT2D eigenvalue weighted by atomic mass is 9.82. The molecule has 2 unspecified atom stereocenters. The summed E-state index contributed by atoms with van der Waals surface area (Å²) in [5.41, 5.74) is 0.931. The molecule has 2 amide bonds. The van der Waals surface area contributed by atoms with Crippen molar-refractivity contribution in [1.82, 2.24) is 9.47 Å². The fourth-order valence-corrected chi connectivity index (χ4v) is 6.74. The fraction of sp³-hybridized carbons (Fsp3) is 0.542. The summed E-state index contributed by atoms with van der Waals surface area (Å²) in [6.45, 7) is 5.61. The minimum absolute atomic E-state index is 0.00276. The van der Waals surface area contributed by atoms with E-state index in [1.807, 2.05) is 29.2 Å². The largest absolute Gasteiger partial charge is 0.341 e. The third-order valence-corrected chi connectivity index (χ3v) is 8.11. The van der Waals surface area contributed by atoms with E-state index in [-0.39, 0.29) is 30.3 Å². The van der Waals surface area contributed by atoms with Crippen molar-refractivity contribution in [2.45, 2.75) is 58.4 Å². The van der Waals surface area contributed by atoms with E-state index in [1.54, 1.807) is 4.90 Å². The van der Waals surface area contributed by atoms with Crippen molar-refractivity contribution >= 4 is 52.8 Å². The van der Waals surface area contributed by atoms with Crippen molar-refractivity contribution in [1.29, 1.82) is 0 Å². The van der Waals surface area contributed by atoms with E-state index in [1.165, 1.54) is 11.3 Å². The second-order valence-corrected chi connectivity index (χ2v) is 10.7. The van der Waals surface area contributed by atoms with Crippen molar-refractivity contribution in [3.63, 3.8) is 0 Å². The van der Waals surface area contributed by atoms with E-state index >= 15 is 0 Å². The number of aromatic nitrogens is 1. The monoisotopic (exact) mass is 491 g/mol. The Morgan fingerprint density at radius 1 is 1.22 bits per heavy atom. The van der Waals surface area contributed by atoms with Crippen LogP contribution in [0.2, 0.25) is 5.02 Å². The van der Waals surface area contributed by atoms with Crippen LogP contribution in [-0.2, 0) is 9.59 Å². The van der Waals surface area contributed by atoms with Gasteiger partial charge in [-0.15, -0.1) is 11.3 Å². The number of thiazole rings is 1. The molecule has 0 spiro atoms. The molecule has 2 aliphatic rings. The molecule has 4 rings (SSSR count). The standard InChI is InChI=1S/C24H30ClN3O2S2/c1-3-12-26(13-4-2)20(29)15-27-22-21(16-8-7-9-17(25)14-16)32-24(31)28(22)19-11-6-5-10-18(19)23(27)30/h7-9,14,18-19H,3-6,10-13,15H2,1-2H3. The zero-order valence-corrected chi connectivity index (χ0v) is 21.1. The summed E-state index contributed by atoms with van der Waals surface area (Å²) in [4.78, 5) is 31.6. The molecule has 1 saturated carbocycles. The summed E-state index contributed by atoms with van der Waals surface area (Å²) in [6, 6.07) is 7.72. The van der Waals surface area contributed by atoms with Gasteiger partial charge in [-0.05, 0) is 55.6 Å². The molecule has 0 saturated heterocycles. The number of fused-ring (bicyclic) bond motifs is 3. The summed E-state index contributed by atoms with van der Waals surface area (Å²) in [5, 5.41) is 0.637. The van der Waals surface area contributed by atoms with Crippen LogP contribution < -0.4 is 4.90 Å². The van der Waals surface area contributed by atoms with E-state index in [9.17, 15) is 9.59 Å². The highest BCUT2D eigenvalue weighted by molar-refractivity contribution is 7.73. The Labute approximate surface area is 204 Å². The summed E-state index contributed by atoms with van der Waals surface area (Å²) < 4.78 is 2.93. The zero-order chi connectivity index (χ0) is 22.8. The van der Waals surface area contributed by atoms with Crippen molar-refractivity contribution in [2.24, 2.45) is 5.92 Å². The lowest BCUT2D eigenvalue weighted by Gasteiger charge is -2.42. The highest BCUT2D eigenvalue weighted by Crippen LogP contribution is 2.48. The van der Waals surface area contributed by atoms with Crippen LogP contribution in [0.1, 0.15) is 58.4 Å². The van der Waals surface area contributed by atoms with Crippen molar-refractivity contribution in [3.05, 3.63) is 33.2 Å². The Morgan fingerprint density at radius 2 is 1.94 bits per heavy atom. The molecule has 0 bridgehead atoms. The molecule has 2 atom stereocenters. The third-order valence-electron chi connectivity index (χ3n) is 6.44. The molecule has 2 heterocycles. The second-order valence-electron chi connectivity index (χ2n) is 8.66. The number of carbonyl (C=O) groups is 2. The molecule has 0 N–H and O–H groups in total. The molecule has 5 nitrogen and oxygen atoms in total. The van der Waals surface area contributed by atoms with Crippen LogP contribution in [0.5, 0.6) is 0 Å². The van der Waals surface area contributed by atoms with Crippen LogP contribution in [0, 0.1) is 9.87 Å². The number of nitrogens with zero attached hydrogens (tertiary/aromatic N) is 3. The Kier molecular flexibility index (Phi) is 7.37. The predicted octanol–water partition coefficient (Wildman–Crippen LogP) is 6.33. The lowest BCUT2D eigenvalue weighted by molar-refractivity contribution is -0.133. The van der Waals surface area contributed by atoms with E-state index in [4.69, 9.17) is 23.8 Å². The summed E-state index contributed by atoms with van der Waals surface area (Å²) in [6.07, 6.45) is 5.73. The molecule has 1 aromatic carbocycles. The quantitative estimate of drug-likeness (QED) is 0.425. The van der Waals surface area contributed by atoms with Crippen LogP contribution >= 0.6 is 35.2 Å². The third kappa shape index (κ3) is 4.39. The Morgan fingerprint density at radius 3 is 2.62 bits per heavy atom. The van der Waals surface area contributed by atoms with Crippen LogP contribution in [0.15, 0.2) is 24.3 Å². The molecule has 1 aliphatic carbocycles. The molecule has 0 radical (unpaired) electrons. The van der Waals surface area contributed by atoms with Crippen LogP contribution in [0.4, 0.5) is 5.82 Å². The highest BCUT2D eigenvalue weighted by atomic mass is 35.5. The summed E-state index contributed by atoms with van der Waals surface area (Å²) >= 11 is 13.6. The number of hydrogen-bond donors (Lipinski definition) is 0. The molecule has 1 aliphatic heterocycles. The van der Waals surface area contributed by atoms with Gasteiger partial charge in [-0.2, -0.15) is 0 Å². The first-order valence-electron chi connectivity index (χ1n) is 11.6. The first-order valence-corrected chi connectivity index (χ1v) is 13.2. The van der Waals surface area contributed by atoms with Gasteiger partial charge in [0, 0.05) is 24.2 Å². The number of carbonyl (C=O) groups excluding carboxylic acids is 2. The van der Waals surface area contributed by atoms with Gasteiger partial charge in [0.2, 0.25) is 11.8 Å². The van der Waals surface area contributed by atoms with Gasteiger partial charge in [-0.3, -0.25) is 14.5 Å². The van der Waals surface area contributed by atoms with Crippen LogP contribution in [-0.4, -0.2) is 40.9 Å². The maximum Gasteiger partial charge on any atom is 0.242 e. The van der Waals surface area contributed by atoms with E-state index < -0.39 is 0 Å². The summed E-state index contributed by atoms with van der Waals surface area (Å²) in [5.74, 6) is 0.726. The average molecular weight is 492 g/mol. The summed E-state index contributed by atoms with van der Waals surface area (Å²) in [7, 11) is 0. The molecule has 2 aromatic rings. The van der Waals surface area contributed by atoms with Crippen molar-refractivity contribution in [3.8, 4) is 10.4 Å². The molecular weight excluding hydrogens is 462 g/mol. The molecule has 8 heteroatoms. The lowest BCUT2D eigenvalue weighted by Crippen LogP contribution is -2.51. The minimum atomic E-state index is -0.108. The molecule has 172 valence electrons. The number of hydrogen-bond acceptors (Lipinski definition) is 4. The first kappa shape index (κ1) is 23.5. The van der Waals surface area contributed by atoms with Gasteiger partial charge in [-0.25, -0.2) is 0 Å². The maximum absolute atomic E-state index is 13.7. The maximum atomic E-state index is 13.7. The Hall–Kier alpha value is -1.70. The molecule has 32 heavy (non-hydrogen) atoms. The topological polar surface area (TPSA) is 45.6 Å². The van der Waals surface area contributed by atoms with Gasteiger partial charge in [-0.1, -0.05) is 50.4 Å². The van der Waals surface area contributed by atoms with Crippen molar-refractivity contribution < 1.29 is 9.59 Å². The minimum Gasteiger partial charge on any atom is -0.341 e. The van der Waals surface area contributed by atoms with Crippen LogP contribution in [0.25, 0.3) is 10.4 Å². The molecule has 1 fully saturated rings. The Bertz CT molecular complexity index is 1060. The predicted molar refractivity (Wildman–Crippen MR) is 134 cm³/mol. The van der Waals surface area contributed by atoms with E-state index in [0.717, 1.165) is 58.7 Å². The first-order chi connectivity index (χ1) is 15.5.